The summed E-state index contributed by atoms with van der Waals surface area (Å²) in [4.78, 5) is 36.9. The first-order chi connectivity index (χ1) is 15.7. The molecule has 2 aliphatic rings. The maximum atomic E-state index is 13.5. The standard InChI is InChI=1S/C24H32N6O2/c25-11-5-1-2-6-13-28-14-16-29(17-15-28)18-22(31)30-21-10-4-3-8-19(21)24(32)27-20-9-7-12-26-23(20)30/h3-4,7-10,12H,1-2,5-6,11,13-18,25H2,(H,27,32). The fourth-order valence-corrected chi connectivity index (χ4v) is 4.36. The van der Waals surface area contributed by atoms with Crippen LogP contribution in [0.15, 0.2) is 42.6 Å². The molecule has 0 radical (unpaired) electrons. The number of benzene rings is 1. The van der Waals surface area contributed by atoms with Crippen molar-refractivity contribution in [2.75, 3.05) is 56.0 Å². The average Bonchev–Trinajstić information content (AvgIpc) is 2.94. The topological polar surface area (TPSA) is 94.8 Å². The lowest BCUT2D eigenvalue weighted by Crippen LogP contribution is -2.49. The smallest absolute Gasteiger partial charge is 0.257 e. The molecule has 1 aromatic heterocycles. The lowest BCUT2D eigenvalue weighted by atomic mass is 10.1. The van der Waals surface area contributed by atoms with Crippen LogP contribution >= 0.6 is 0 Å². The van der Waals surface area contributed by atoms with Crippen molar-refractivity contribution in [2.45, 2.75) is 25.7 Å². The molecule has 3 N–H and O–H groups in total. The third-order valence-corrected chi connectivity index (χ3v) is 6.14. The highest BCUT2D eigenvalue weighted by atomic mass is 16.2. The summed E-state index contributed by atoms with van der Waals surface area (Å²) in [5.74, 6) is 0.154. The zero-order chi connectivity index (χ0) is 22.3. The summed E-state index contributed by atoms with van der Waals surface area (Å²) in [5, 5.41) is 2.88. The largest absolute Gasteiger partial charge is 0.330 e. The highest BCUT2D eigenvalue weighted by Gasteiger charge is 2.31. The van der Waals surface area contributed by atoms with Gasteiger partial charge in [0.25, 0.3) is 5.91 Å². The number of nitrogens with one attached hydrogen (secondary N) is 1. The SMILES string of the molecule is NCCCCCCN1CCN(CC(=O)N2c3ccccc3C(=O)Nc3cccnc32)CC1. The Morgan fingerprint density at radius 3 is 2.53 bits per heavy atom. The van der Waals surface area contributed by atoms with Gasteiger partial charge in [-0.15, -0.1) is 0 Å². The van der Waals surface area contributed by atoms with E-state index in [0.717, 1.165) is 45.7 Å². The first-order valence-corrected chi connectivity index (χ1v) is 11.5. The molecule has 2 aliphatic heterocycles. The van der Waals surface area contributed by atoms with Crippen LogP contribution in [0.4, 0.5) is 17.2 Å². The van der Waals surface area contributed by atoms with E-state index < -0.39 is 0 Å². The van der Waals surface area contributed by atoms with Crippen LogP contribution in [0.3, 0.4) is 0 Å². The van der Waals surface area contributed by atoms with E-state index in [2.05, 4.69) is 20.1 Å². The number of aromatic nitrogens is 1. The predicted octanol–water partition coefficient (Wildman–Crippen LogP) is 2.45. The number of fused-ring (bicyclic) bond motifs is 2. The number of anilines is 3. The molecule has 3 heterocycles. The van der Waals surface area contributed by atoms with Gasteiger partial charge in [0.1, 0.15) is 0 Å². The summed E-state index contributed by atoms with van der Waals surface area (Å²) in [6.07, 6.45) is 6.38. The number of carbonyl (C=O) groups excluding carboxylic acids is 2. The molecular formula is C24H32N6O2. The van der Waals surface area contributed by atoms with Gasteiger partial charge in [-0.2, -0.15) is 0 Å². The minimum absolute atomic E-state index is 0.0795. The molecule has 1 fully saturated rings. The van der Waals surface area contributed by atoms with Gasteiger partial charge in [0.15, 0.2) is 5.82 Å². The van der Waals surface area contributed by atoms with Crippen LogP contribution in [0.2, 0.25) is 0 Å². The summed E-state index contributed by atoms with van der Waals surface area (Å²) in [6.45, 7) is 5.83. The molecule has 0 aliphatic carbocycles. The first-order valence-electron chi connectivity index (χ1n) is 11.5. The van der Waals surface area contributed by atoms with Crippen molar-refractivity contribution in [1.29, 1.82) is 0 Å². The normalized spacial score (nSPS) is 16.8. The van der Waals surface area contributed by atoms with Gasteiger partial charge in [0.05, 0.1) is 23.5 Å². The summed E-state index contributed by atoms with van der Waals surface area (Å²) >= 11 is 0. The molecule has 1 saturated heterocycles. The number of nitrogens with two attached hydrogens (primary N) is 1. The van der Waals surface area contributed by atoms with Crippen LogP contribution < -0.4 is 16.0 Å². The van der Waals surface area contributed by atoms with Crippen LogP contribution in [0.5, 0.6) is 0 Å². The van der Waals surface area contributed by atoms with E-state index in [9.17, 15) is 9.59 Å². The molecule has 4 rings (SSSR count). The molecule has 0 unspecified atom stereocenters. The van der Waals surface area contributed by atoms with Crippen LogP contribution in [-0.2, 0) is 4.79 Å². The number of piperazine rings is 1. The van der Waals surface area contributed by atoms with E-state index in [1.807, 2.05) is 6.07 Å². The summed E-state index contributed by atoms with van der Waals surface area (Å²) in [7, 11) is 0. The molecule has 2 aromatic rings. The molecule has 32 heavy (non-hydrogen) atoms. The second-order valence-corrected chi connectivity index (χ2v) is 8.40. The van der Waals surface area contributed by atoms with Crippen molar-refractivity contribution in [3.63, 3.8) is 0 Å². The van der Waals surface area contributed by atoms with Crippen LogP contribution in [0.1, 0.15) is 36.0 Å². The summed E-state index contributed by atoms with van der Waals surface area (Å²) in [5.41, 5.74) is 7.15. The summed E-state index contributed by atoms with van der Waals surface area (Å²) in [6, 6.07) is 10.7. The van der Waals surface area contributed by atoms with Gasteiger partial charge in [-0.1, -0.05) is 25.0 Å². The maximum absolute atomic E-state index is 13.5. The summed E-state index contributed by atoms with van der Waals surface area (Å²) < 4.78 is 0. The zero-order valence-corrected chi connectivity index (χ0v) is 18.5. The molecule has 8 heteroatoms. The Morgan fingerprint density at radius 1 is 0.969 bits per heavy atom. The van der Waals surface area contributed by atoms with E-state index in [1.54, 1.807) is 41.4 Å². The molecule has 0 bridgehead atoms. The van der Waals surface area contributed by atoms with Crippen molar-refractivity contribution in [1.82, 2.24) is 14.8 Å². The average molecular weight is 437 g/mol. The minimum atomic E-state index is -0.231. The lowest BCUT2D eigenvalue weighted by Gasteiger charge is -2.35. The number of para-hydroxylation sites is 1. The Hall–Kier alpha value is -2.81. The third kappa shape index (κ3) is 5.15. The van der Waals surface area contributed by atoms with Gasteiger partial charge < -0.3 is 16.0 Å². The molecule has 0 spiro atoms. The Balaban J connectivity index is 1.41. The Labute approximate surface area is 189 Å². The van der Waals surface area contributed by atoms with Crippen molar-refractivity contribution in [3.05, 3.63) is 48.2 Å². The van der Waals surface area contributed by atoms with E-state index in [-0.39, 0.29) is 11.8 Å². The second-order valence-electron chi connectivity index (χ2n) is 8.40. The maximum Gasteiger partial charge on any atom is 0.257 e. The molecule has 2 amide bonds. The van der Waals surface area contributed by atoms with Gasteiger partial charge in [-0.05, 0) is 50.2 Å². The molecule has 1 aromatic carbocycles. The van der Waals surface area contributed by atoms with E-state index in [4.69, 9.17) is 5.73 Å². The number of hydrogen-bond donors (Lipinski definition) is 2. The predicted molar refractivity (Wildman–Crippen MR) is 126 cm³/mol. The highest BCUT2D eigenvalue weighted by molar-refractivity contribution is 6.17. The number of carbonyl (C=O) groups is 2. The van der Waals surface area contributed by atoms with Crippen molar-refractivity contribution in [3.8, 4) is 0 Å². The van der Waals surface area contributed by atoms with Crippen LogP contribution in [-0.4, -0.2) is 72.4 Å². The monoisotopic (exact) mass is 436 g/mol. The number of rotatable bonds is 8. The zero-order valence-electron chi connectivity index (χ0n) is 18.5. The number of unbranched alkanes of at least 4 members (excludes halogenated alkanes) is 3. The second kappa shape index (κ2) is 10.7. The Morgan fingerprint density at radius 2 is 1.72 bits per heavy atom. The Kier molecular flexibility index (Phi) is 7.47. The van der Waals surface area contributed by atoms with Gasteiger partial charge in [-0.3, -0.25) is 19.4 Å². The lowest BCUT2D eigenvalue weighted by molar-refractivity contribution is -0.119. The van der Waals surface area contributed by atoms with Crippen molar-refractivity contribution < 1.29 is 9.59 Å². The Bertz CT molecular complexity index is 942. The van der Waals surface area contributed by atoms with Crippen LogP contribution in [0, 0.1) is 0 Å². The molecule has 0 saturated carbocycles. The number of hydrogen-bond acceptors (Lipinski definition) is 6. The molecule has 170 valence electrons. The highest BCUT2D eigenvalue weighted by Crippen LogP contribution is 2.36. The number of pyridine rings is 1. The van der Waals surface area contributed by atoms with Gasteiger partial charge in [-0.25, -0.2) is 4.98 Å². The molecule has 0 atom stereocenters. The van der Waals surface area contributed by atoms with E-state index >= 15 is 0 Å². The van der Waals surface area contributed by atoms with E-state index in [1.165, 1.54) is 19.3 Å². The fraction of sp³-hybridized carbons (Fsp3) is 0.458. The van der Waals surface area contributed by atoms with Gasteiger partial charge >= 0.3 is 0 Å². The third-order valence-electron chi connectivity index (χ3n) is 6.14. The molecular weight excluding hydrogens is 404 g/mol. The molecule has 8 nitrogen and oxygen atoms in total. The van der Waals surface area contributed by atoms with E-state index in [0.29, 0.717) is 29.3 Å². The van der Waals surface area contributed by atoms with Crippen molar-refractivity contribution >= 4 is 29.0 Å². The quantitative estimate of drug-likeness (QED) is 0.618. The van der Waals surface area contributed by atoms with Gasteiger partial charge in [0, 0.05) is 32.4 Å². The number of nitrogens with zero attached hydrogens (tertiary/aromatic N) is 4. The number of amides is 2. The fourth-order valence-electron chi connectivity index (χ4n) is 4.36. The van der Waals surface area contributed by atoms with Crippen molar-refractivity contribution in [2.24, 2.45) is 5.73 Å². The minimum Gasteiger partial charge on any atom is -0.330 e. The van der Waals surface area contributed by atoms with Crippen LogP contribution in [0.25, 0.3) is 0 Å². The van der Waals surface area contributed by atoms with Gasteiger partial charge in [0.2, 0.25) is 5.91 Å². The first kappa shape index (κ1) is 22.4.